The highest BCUT2D eigenvalue weighted by Crippen LogP contribution is 2.21. The van der Waals surface area contributed by atoms with Crippen molar-refractivity contribution < 1.29 is 18.0 Å². The quantitative estimate of drug-likeness (QED) is 0.655. The number of hydrogen-bond acceptors (Lipinski definition) is 2. The van der Waals surface area contributed by atoms with E-state index in [2.05, 4.69) is 5.32 Å². The predicted molar refractivity (Wildman–Crippen MR) is 69.9 cm³/mol. The number of nitrogens with one attached hydrogen (secondary N) is 1. The molecule has 2 aromatic rings. The minimum Gasteiger partial charge on any atom is -0.399 e. The average molecular weight is 280 g/mol. The van der Waals surface area contributed by atoms with Gasteiger partial charge in [-0.25, -0.2) is 13.2 Å². The van der Waals surface area contributed by atoms with E-state index in [0.29, 0.717) is 5.69 Å². The molecule has 0 saturated heterocycles. The van der Waals surface area contributed by atoms with Gasteiger partial charge in [-0.3, -0.25) is 4.79 Å². The number of carbonyl (C=O) groups excluding carboxylic acids is 1. The number of benzene rings is 2. The van der Waals surface area contributed by atoms with Crippen molar-refractivity contribution in [3.8, 4) is 0 Å². The third kappa shape index (κ3) is 2.74. The first-order chi connectivity index (χ1) is 9.38. The van der Waals surface area contributed by atoms with Crippen LogP contribution in [0.3, 0.4) is 0 Å². The summed E-state index contributed by atoms with van der Waals surface area (Å²) in [7, 11) is 0. The Morgan fingerprint density at radius 2 is 1.80 bits per heavy atom. The van der Waals surface area contributed by atoms with E-state index in [1.165, 1.54) is 6.07 Å². The summed E-state index contributed by atoms with van der Waals surface area (Å²) in [5, 5.41) is 2.17. The molecule has 6 heteroatoms. The summed E-state index contributed by atoms with van der Waals surface area (Å²) >= 11 is 0. The van der Waals surface area contributed by atoms with Crippen LogP contribution in [-0.4, -0.2) is 5.91 Å². The van der Waals surface area contributed by atoms with Crippen molar-refractivity contribution in [1.29, 1.82) is 0 Å². The van der Waals surface area contributed by atoms with Crippen LogP contribution >= 0.6 is 0 Å². The summed E-state index contributed by atoms with van der Waals surface area (Å²) < 4.78 is 39.3. The number of amides is 1. The lowest BCUT2D eigenvalue weighted by atomic mass is 10.1. The van der Waals surface area contributed by atoms with Gasteiger partial charge < -0.3 is 11.1 Å². The van der Waals surface area contributed by atoms with Crippen molar-refractivity contribution >= 4 is 17.3 Å². The summed E-state index contributed by atoms with van der Waals surface area (Å²) in [5.41, 5.74) is 6.49. The predicted octanol–water partition coefficient (Wildman–Crippen LogP) is 3.25. The largest absolute Gasteiger partial charge is 0.399 e. The maximum absolute atomic E-state index is 13.4. The average Bonchev–Trinajstić information content (AvgIpc) is 2.38. The van der Waals surface area contributed by atoms with Crippen LogP contribution in [0.5, 0.6) is 0 Å². The lowest BCUT2D eigenvalue weighted by Gasteiger charge is -2.08. The number of aryl methyl sites for hydroxylation is 1. The van der Waals surface area contributed by atoms with Crippen molar-refractivity contribution in [2.24, 2.45) is 0 Å². The molecule has 0 bridgehead atoms. The van der Waals surface area contributed by atoms with Crippen LogP contribution < -0.4 is 11.1 Å². The van der Waals surface area contributed by atoms with E-state index in [-0.39, 0.29) is 5.56 Å². The van der Waals surface area contributed by atoms with Gasteiger partial charge in [0.15, 0.2) is 17.5 Å². The zero-order chi connectivity index (χ0) is 14.9. The van der Waals surface area contributed by atoms with Gasteiger partial charge in [0.2, 0.25) is 0 Å². The minimum atomic E-state index is -1.63. The molecular formula is C14H11F3N2O. The standard InChI is InChI=1S/C14H11F3N2O/c1-7-4-8(6-9(18)5-7)14(20)19-11-3-2-10(15)12(16)13(11)17/h2-6H,18H2,1H3,(H,19,20). The topological polar surface area (TPSA) is 55.1 Å². The van der Waals surface area contributed by atoms with Gasteiger partial charge in [0, 0.05) is 11.3 Å². The molecular weight excluding hydrogens is 269 g/mol. The summed E-state index contributed by atoms with van der Waals surface area (Å²) in [4.78, 5) is 11.9. The summed E-state index contributed by atoms with van der Waals surface area (Å²) in [6, 6.07) is 6.29. The molecule has 0 heterocycles. The Morgan fingerprint density at radius 3 is 2.45 bits per heavy atom. The molecule has 104 valence electrons. The van der Waals surface area contributed by atoms with Gasteiger partial charge in [-0.05, 0) is 42.8 Å². The second-order valence-electron chi connectivity index (χ2n) is 4.31. The van der Waals surface area contributed by atoms with Gasteiger partial charge >= 0.3 is 0 Å². The van der Waals surface area contributed by atoms with Crippen LogP contribution in [0.25, 0.3) is 0 Å². The normalized spacial score (nSPS) is 10.4. The molecule has 2 aromatic carbocycles. The molecule has 0 fully saturated rings. The van der Waals surface area contributed by atoms with Crippen LogP contribution in [0.4, 0.5) is 24.5 Å². The third-order valence-corrected chi connectivity index (χ3v) is 2.65. The van der Waals surface area contributed by atoms with Gasteiger partial charge in [-0.1, -0.05) is 0 Å². The van der Waals surface area contributed by atoms with E-state index >= 15 is 0 Å². The number of rotatable bonds is 2. The van der Waals surface area contributed by atoms with Crippen LogP contribution in [-0.2, 0) is 0 Å². The van der Waals surface area contributed by atoms with E-state index in [1.807, 2.05) is 0 Å². The first kappa shape index (κ1) is 13.9. The van der Waals surface area contributed by atoms with E-state index < -0.39 is 29.0 Å². The van der Waals surface area contributed by atoms with E-state index in [0.717, 1.165) is 17.7 Å². The summed E-state index contributed by atoms with van der Waals surface area (Å²) in [6.07, 6.45) is 0. The van der Waals surface area contributed by atoms with Crippen molar-refractivity contribution in [1.82, 2.24) is 0 Å². The first-order valence-electron chi connectivity index (χ1n) is 5.70. The highest BCUT2D eigenvalue weighted by atomic mass is 19.2. The Balaban J connectivity index is 2.30. The molecule has 0 aliphatic carbocycles. The van der Waals surface area contributed by atoms with Crippen molar-refractivity contribution in [3.63, 3.8) is 0 Å². The number of halogens is 3. The molecule has 20 heavy (non-hydrogen) atoms. The first-order valence-corrected chi connectivity index (χ1v) is 5.70. The number of hydrogen-bond donors (Lipinski definition) is 2. The molecule has 3 nitrogen and oxygen atoms in total. The maximum atomic E-state index is 13.4. The molecule has 0 aromatic heterocycles. The Kier molecular flexibility index (Phi) is 3.65. The highest BCUT2D eigenvalue weighted by molar-refractivity contribution is 6.05. The summed E-state index contributed by atoms with van der Waals surface area (Å²) in [6.45, 7) is 1.74. The van der Waals surface area contributed by atoms with E-state index in [9.17, 15) is 18.0 Å². The molecule has 1 amide bonds. The van der Waals surface area contributed by atoms with Crippen molar-refractivity contribution in [2.75, 3.05) is 11.1 Å². The molecule has 0 spiro atoms. The van der Waals surface area contributed by atoms with Crippen molar-refractivity contribution in [3.05, 3.63) is 58.9 Å². The second kappa shape index (κ2) is 5.24. The van der Waals surface area contributed by atoms with Gasteiger partial charge in [0.1, 0.15) is 0 Å². The number of nitrogens with two attached hydrogens (primary N) is 1. The lowest BCUT2D eigenvalue weighted by Crippen LogP contribution is -2.14. The van der Waals surface area contributed by atoms with Gasteiger partial charge in [0.25, 0.3) is 5.91 Å². The van der Waals surface area contributed by atoms with Gasteiger partial charge in [-0.15, -0.1) is 0 Å². The van der Waals surface area contributed by atoms with Crippen LogP contribution in [0, 0.1) is 24.4 Å². The number of carbonyl (C=O) groups is 1. The monoisotopic (exact) mass is 280 g/mol. The second-order valence-corrected chi connectivity index (χ2v) is 4.31. The third-order valence-electron chi connectivity index (χ3n) is 2.65. The molecule has 0 aliphatic heterocycles. The van der Waals surface area contributed by atoms with E-state index in [1.54, 1.807) is 19.1 Å². The van der Waals surface area contributed by atoms with Gasteiger partial charge in [-0.2, -0.15) is 0 Å². The Hall–Kier alpha value is -2.50. The maximum Gasteiger partial charge on any atom is 0.255 e. The molecule has 0 aliphatic rings. The van der Waals surface area contributed by atoms with Gasteiger partial charge in [0.05, 0.1) is 5.69 Å². The molecule has 3 N–H and O–H groups in total. The van der Waals surface area contributed by atoms with Crippen LogP contribution in [0.1, 0.15) is 15.9 Å². The zero-order valence-corrected chi connectivity index (χ0v) is 10.5. The fraction of sp³-hybridized carbons (Fsp3) is 0.0714. The Bertz CT molecular complexity index is 666. The number of nitrogen functional groups attached to an aromatic ring is 1. The molecule has 0 radical (unpaired) electrons. The zero-order valence-electron chi connectivity index (χ0n) is 10.5. The smallest absolute Gasteiger partial charge is 0.255 e. The number of anilines is 2. The lowest BCUT2D eigenvalue weighted by molar-refractivity contribution is 0.102. The SMILES string of the molecule is Cc1cc(N)cc(C(=O)Nc2ccc(F)c(F)c2F)c1. The minimum absolute atomic E-state index is 0.201. The highest BCUT2D eigenvalue weighted by Gasteiger charge is 2.16. The van der Waals surface area contributed by atoms with E-state index in [4.69, 9.17) is 5.73 Å². The fourth-order valence-corrected chi connectivity index (χ4v) is 1.76. The molecule has 0 unspecified atom stereocenters. The molecule has 2 rings (SSSR count). The summed E-state index contributed by atoms with van der Waals surface area (Å²) in [5.74, 6) is -5.06. The van der Waals surface area contributed by atoms with Crippen LogP contribution in [0.15, 0.2) is 30.3 Å². The fourth-order valence-electron chi connectivity index (χ4n) is 1.76. The Morgan fingerprint density at radius 1 is 1.10 bits per heavy atom. The van der Waals surface area contributed by atoms with Crippen LogP contribution in [0.2, 0.25) is 0 Å². The molecule has 0 saturated carbocycles. The Labute approximate surface area is 113 Å². The molecule has 0 atom stereocenters. The van der Waals surface area contributed by atoms with Crippen molar-refractivity contribution in [2.45, 2.75) is 6.92 Å².